The second kappa shape index (κ2) is 5.30. The topological polar surface area (TPSA) is 26.0 Å². The molecule has 0 heterocycles. The first kappa shape index (κ1) is 13.4. The number of rotatable bonds is 2. The molecule has 0 saturated heterocycles. The van der Waals surface area contributed by atoms with Crippen molar-refractivity contribution in [3.63, 3.8) is 0 Å². The van der Waals surface area contributed by atoms with Crippen molar-refractivity contribution in [3.05, 3.63) is 0 Å². The summed E-state index contributed by atoms with van der Waals surface area (Å²) >= 11 is 0. The zero-order valence-electron chi connectivity index (χ0n) is 12.0. The zero-order chi connectivity index (χ0) is 12.5. The highest BCUT2D eigenvalue weighted by Gasteiger charge is 2.41. The van der Waals surface area contributed by atoms with Crippen LogP contribution in [0.1, 0.15) is 72.1 Å². The second-order valence-electron chi connectivity index (χ2n) is 7.21. The fourth-order valence-corrected chi connectivity index (χ4v) is 4.71. The molecule has 0 aromatic heterocycles. The largest absolute Gasteiger partial charge is 0.325 e. The van der Waals surface area contributed by atoms with E-state index >= 15 is 0 Å². The van der Waals surface area contributed by atoms with E-state index in [1.54, 1.807) is 0 Å². The molecule has 1 heteroatoms. The molecule has 0 bridgehead atoms. The van der Waals surface area contributed by atoms with Crippen molar-refractivity contribution in [2.24, 2.45) is 29.4 Å². The normalized spacial score (nSPS) is 48.0. The Morgan fingerprint density at radius 3 is 2.00 bits per heavy atom. The van der Waals surface area contributed by atoms with Crippen LogP contribution in [0.2, 0.25) is 0 Å². The maximum absolute atomic E-state index is 6.80. The van der Waals surface area contributed by atoms with Crippen LogP contribution >= 0.6 is 0 Å². The van der Waals surface area contributed by atoms with Crippen LogP contribution in [0.4, 0.5) is 0 Å². The third-order valence-electron chi connectivity index (χ3n) is 5.50. The van der Waals surface area contributed by atoms with E-state index in [-0.39, 0.29) is 5.54 Å². The summed E-state index contributed by atoms with van der Waals surface area (Å²) in [6.07, 6.45) is 11.0. The number of hydrogen-bond acceptors (Lipinski definition) is 1. The molecule has 2 rings (SSSR count). The van der Waals surface area contributed by atoms with Crippen molar-refractivity contribution in [1.82, 2.24) is 0 Å². The molecule has 0 aliphatic heterocycles. The molecule has 1 nitrogen and oxygen atoms in total. The molecule has 0 aromatic carbocycles. The quantitative estimate of drug-likeness (QED) is 0.759. The van der Waals surface area contributed by atoms with Crippen molar-refractivity contribution in [3.8, 4) is 0 Å². The van der Waals surface area contributed by atoms with Crippen LogP contribution in [-0.2, 0) is 0 Å². The minimum atomic E-state index is 0.176. The monoisotopic (exact) mass is 237 g/mol. The fraction of sp³-hybridized carbons (Fsp3) is 1.00. The first-order valence-corrected chi connectivity index (χ1v) is 7.82. The van der Waals surface area contributed by atoms with Crippen LogP contribution in [0.5, 0.6) is 0 Å². The van der Waals surface area contributed by atoms with E-state index in [0.29, 0.717) is 0 Å². The average Bonchev–Trinajstić information content (AvgIpc) is 2.27. The van der Waals surface area contributed by atoms with E-state index in [2.05, 4.69) is 20.8 Å². The predicted molar refractivity (Wildman–Crippen MR) is 74.8 cm³/mol. The highest BCUT2D eigenvalue weighted by molar-refractivity contribution is 4.98. The molecule has 0 spiro atoms. The molecule has 100 valence electrons. The Kier molecular flexibility index (Phi) is 4.18. The summed E-state index contributed by atoms with van der Waals surface area (Å²) in [4.78, 5) is 0. The van der Waals surface area contributed by atoms with Gasteiger partial charge in [0.05, 0.1) is 0 Å². The minimum absolute atomic E-state index is 0.176. The van der Waals surface area contributed by atoms with Crippen LogP contribution < -0.4 is 5.73 Å². The van der Waals surface area contributed by atoms with Gasteiger partial charge in [-0.1, -0.05) is 40.0 Å². The van der Waals surface area contributed by atoms with Crippen LogP contribution in [0.15, 0.2) is 0 Å². The van der Waals surface area contributed by atoms with Gasteiger partial charge in [0, 0.05) is 5.54 Å². The summed E-state index contributed by atoms with van der Waals surface area (Å²) in [5, 5.41) is 0. The lowest BCUT2D eigenvalue weighted by Gasteiger charge is -2.47. The molecule has 2 unspecified atom stereocenters. The fourth-order valence-electron chi connectivity index (χ4n) is 4.71. The lowest BCUT2D eigenvalue weighted by molar-refractivity contribution is 0.0860. The predicted octanol–water partition coefficient (Wildman–Crippen LogP) is 4.36. The average molecular weight is 237 g/mol. The molecule has 0 radical (unpaired) electrons. The Balaban J connectivity index is 1.96. The van der Waals surface area contributed by atoms with Gasteiger partial charge in [0.25, 0.3) is 0 Å². The van der Waals surface area contributed by atoms with Crippen molar-refractivity contribution in [2.45, 2.75) is 77.7 Å². The van der Waals surface area contributed by atoms with Gasteiger partial charge in [-0.15, -0.1) is 0 Å². The van der Waals surface area contributed by atoms with E-state index in [4.69, 9.17) is 5.73 Å². The first-order chi connectivity index (χ1) is 8.03. The van der Waals surface area contributed by atoms with Gasteiger partial charge >= 0.3 is 0 Å². The van der Waals surface area contributed by atoms with Gasteiger partial charge in [0.1, 0.15) is 0 Å². The van der Waals surface area contributed by atoms with Crippen molar-refractivity contribution in [2.75, 3.05) is 0 Å². The van der Waals surface area contributed by atoms with Crippen LogP contribution in [-0.4, -0.2) is 5.54 Å². The van der Waals surface area contributed by atoms with E-state index < -0.39 is 0 Å². The molecular formula is C16H31N. The third-order valence-corrected chi connectivity index (χ3v) is 5.50. The van der Waals surface area contributed by atoms with E-state index in [0.717, 1.165) is 23.7 Å². The SMILES string of the molecule is CCC1CCC(C2(N)CC(C)CC(C)C2)CC1. The Labute approximate surface area is 108 Å². The molecule has 2 fully saturated rings. The van der Waals surface area contributed by atoms with Crippen LogP contribution in [0.3, 0.4) is 0 Å². The molecule has 2 aliphatic rings. The molecule has 2 saturated carbocycles. The van der Waals surface area contributed by atoms with Gasteiger partial charge in [0.2, 0.25) is 0 Å². The Bertz CT molecular complexity index is 230. The Morgan fingerprint density at radius 2 is 1.53 bits per heavy atom. The highest BCUT2D eigenvalue weighted by Crippen LogP contribution is 2.45. The van der Waals surface area contributed by atoms with Gasteiger partial charge in [-0.3, -0.25) is 0 Å². The molecule has 2 aliphatic carbocycles. The number of hydrogen-bond donors (Lipinski definition) is 1. The van der Waals surface area contributed by atoms with Gasteiger partial charge in [-0.2, -0.15) is 0 Å². The maximum atomic E-state index is 6.80. The van der Waals surface area contributed by atoms with E-state index in [1.165, 1.54) is 51.4 Å². The summed E-state index contributed by atoms with van der Waals surface area (Å²) in [5.74, 6) is 3.49. The molecule has 2 atom stereocenters. The smallest absolute Gasteiger partial charge is 0.0187 e. The van der Waals surface area contributed by atoms with Crippen molar-refractivity contribution in [1.29, 1.82) is 0 Å². The second-order valence-corrected chi connectivity index (χ2v) is 7.21. The van der Waals surface area contributed by atoms with Crippen LogP contribution in [0.25, 0.3) is 0 Å². The first-order valence-electron chi connectivity index (χ1n) is 7.82. The summed E-state index contributed by atoms with van der Waals surface area (Å²) < 4.78 is 0. The lowest BCUT2D eigenvalue weighted by atomic mass is 9.62. The standard InChI is InChI=1S/C16H31N/c1-4-14-5-7-15(8-6-14)16(17)10-12(2)9-13(3)11-16/h12-15H,4-11,17H2,1-3H3. The van der Waals surface area contributed by atoms with Crippen LogP contribution in [0, 0.1) is 23.7 Å². The summed E-state index contributed by atoms with van der Waals surface area (Å²) in [5.41, 5.74) is 6.98. The number of nitrogens with two attached hydrogens (primary N) is 1. The Morgan fingerprint density at radius 1 is 1.00 bits per heavy atom. The van der Waals surface area contributed by atoms with Gasteiger partial charge in [0.15, 0.2) is 0 Å². The van der Waals surface area contributed by atoms with E-state index in [1.807, 2.05) is 0 Å². The molecular weight excluding hydrogens is 206 g/mol. The molecule has 2 N–H and O–H groups in total. The summed E-state index contributed by atoms with van der Waals surface area (Å²) in [6, 6.07) is 0. The van der Waals surface area contributed by atoms with Gasteiger partial charge < -0.3 is 5.73 Å². The van der Waals surface area contributed by atoms with Crippen molar-refractivity contribution < 1.29 is 0 Å². The third kappa shape index (κ3) is 3.05. The Hall–Kier alpha value is -0.0400. The highest BCUT2D eigenvalue weighted by atomic mass is 14.8. The van der Waals surface area contributed by atoms with Gasteiger partial charge in [-0.05, 0) is 55.8 Å². The van der Waals surface area contributed by atoms with E-state index in [9.17, 15) is 0 Å². The molecule has 0 aromatic rings. The maximum Gasteiger partial charge on any atom is 0.0187 e. The summed E-state index contributed by atoms with van der Waals surface area (Å²) in [6.45, 7) is 7.14. The minimum Gasteiger partial charge on any atom is -0.325 e. The zero-order valence-corrected chi connectivity index (χ0v) is 12.0. The lowest BCUT2D eigenvalue weighted by Crippen LogP contribution is -2.53. The molecule has 17 heavy (non-hydrogen) atoms. The van der Waals surface area contributed by atoms with Crippen molar-refractivity contribution >= 4 is 0 Å². The van der Waals surface area contributed by atoms with Gasteiger partial charge in [-0.25, -0.2) is 0 Å². The molecule has 0 amide bonds. The summed E-state index contributed by atoms with van der Waals surface area (Å²) in [7, 11) is 0.